The average molecular weight is 486 g/mol. The molecule has 0 rings (SSSR count). The summed E-state index contributed by atoms with van der Waals surface area (Å²) in [5.74, 6) is -0.163. The van der Waals surface area contributed by atoms with Crippen molar-refractivity contribution in [2.75, 3.05) is 13.2 Å². The average Bonchev–Trinajstić information content (AvgIpc) is 2.35. The fourth-order valence-corrected chi connectivity index (χ4v) is 5.05. The molecule has 2 unspecified atom stereocenters. The first-order valence-corrected chi connectivity index (χ1v) is 13.3. The molecule has 0 aliphatic rings. The van der Waals surface area contributed by atoms with E-state index in [1.807, 2.05) is 13.8 Å². The third-order valence-corrected chi connectivity index (χ3v) is 8.05. The Morgan fingerprint density at radius 3 is 1.44 bits per heavy atom. The number of rotatable bonds is 9. The van der Waals surface area contributed by atoms with Crippen LogP contribution in [0.2, 0.25) is 17.9 Å². The van der Waals surface area contributed by atoms with Crippen LogP contribution >= 0.6 is 0 Å². The van der Waals surface area contributed by atoms with Gasteiger partial charge in [0.25, 0.3) is 0 Å². The molecule has 2 atom stereocenters. The number of esters is 2. The number of ether oxygens (including phenoxy) is 2. The van der Waals surface area contributed by atoms with Gasteiger partial charge in [-0.3, -0.25) is 0 Å². The van der Waals surface area contributed by atoms with Crippen LogP contribution in [0.25, 0.3) is 0 Å². The van der Waals surface area contributed by atoms with E-state index in [1.54, 1.807) is 0 Å². The van der Waals surface area contributed by atoms with Gasteiger partial charge < -0.3 is 0 Å². The number of carbonyl (C=O) groups is 2. The Balaban J connectivity index is 4.23. The first-order valence-electron chi connectivity index (χ1n) is 5.99. The van der Waals surface area contributed by atoms with Crippen molar-refractivity contribution in [1.29, 1.82) is 0 Å². The van der Waals surface area contributed by atoms with Gasteiger partial charge in [-0.25, -0.2) is 0 Å². The molecule has 0 aromatic heterocycles. The van der Waals surface area contributed by atoms with Crippen molar-refractivity contribution in [2.24, 2.45) is 0 Å². The summed E-state index contributed by atoms with van der Waals surface area (Å²) < 4.78 is 10.2. The maximum absolute atomic E-state index is 11.7. The molecule has 0 heterocycles. The van der Waals surface area contributed by atoms with Gasteiger partial charge in [0.1, 0.15) is 0 Å². The molecule has 106 valence electrons. The van der Waals surface area contributed by atoms with Crippen LogP contribution in [-0.4, -0.2) is 67.0 Å². The molecule has 0 saturated heterocycles. The fourth-order valence-electron chi connectivity index (χ4n) is 1.44. The molecule has 0 aliphatic heterocycles. The Kier molecular flexibility index (Phi) is 11.7. The third kappa shape index (κ3) is 7.19. The molecule has 0 N–H and O–H groups in total. The van der Waals surface area contributed by atoms with E-state index < -0.39 is 0 Å². The summed E-state index contributed by atoms with van der Waals surface area (Å²) in [5, 5.41) is 0. The van der Waals surface area contributed by atoms with Crippen molar-refractivity contribution in [3.63, 3.8) is 0 Å². The van der Waals surface area contributed by atoms with Gasteiger partial charge in [-0.15, -0.1) is 0 Å². The summed E-state index contributed by atoms with van der Waals surface area (Å²) >= 11 is -0.724. The summed E-state index contributed by atoms with van der Waals surface area (Å²) in [5.41, 5.74) is 0. The monoisotopic (exact) mass is 490 g/mol. The first kappa shape index (κ1) is 18.5. The Bertz CT molecular complexity index is 232. The van der Waals surface area contributed by atoms with Gasteiger partial charge >= 0.3 is 131 Å². The molecule has 0 amide bonds. The Hall–Kier alpha value is 0.519. The predicted molar refractivity (Wildman–Crippen MR) is 73.2 cm³/mol. The molecule has 0 aromatic rings. The van der Waals surface area contributed by atoms with E-state index in [0.717, 1.165) is 12.8 Å². The topological polar surface area (TPSA) is 52.6 Å². The quantitative estimate of drug-likeness (QED) is 0.370. The molecule has 0 radical (unpaired) electrons. The van der Waals surface area contributed by atoms with Crippen molar-refractivity contribution in [2.45, 2.75) is 44.6 Å². The minimum absolute atomic E-state index is 0.0475. The van der Waals surface area contributed by atoms with E-state index in [4.69, 9.17) is 9.47 Å². The van der Waals surface area contributed by atoms with Gasteiger partial charge in [0, 0.05) is 0 Å². The van der Waals surface area contributed by atoms with Crippen LogP contribution in [0.3, 0.4) is 0 Å². The molecule has 0 bridgehead atoms. The van der Waals surface area contributed by atoms with Crippen LogP contribution in [-0.2, 0) is 19.1 Å². The molecule has 0 spiro atoms. The van der Waals surface area contributed by atoms with E-state index in [-0.39, 0.29) is 61.7 Å². The van der Waals surface area contributed by atoms with Crippen molar-refractivity contribution < 1.29 is 19.1 Å². The molecule has 18 heavy (non-hydrogen) atoms. The minimum atomic E-state index is -0.362. The Morgan fingerprint density at radius 1 is 0.889 bits per heavy atom. The van der Waals surface area contributed by atoms with Gasteiger partial charge in [-0.05, 0) is 0 Å². The van der Waals surface area contributed by atoms with Crippen LogP contribution in [0.15, 0.2) is 0 Å². The van der Waals surface area contributed by atoms with Crippen molar-refractivity contribution in [3.05, 3.63) is 0 Å². The number of carbonyl (C=O) groups excluding carboxylic acids is 2. The van der Waals surface area contributed by atoms with Crippen molar-refractivity contribution in [1.82, 2.24) is 0 Å². The molecule has 0 aromatic carbocycles. The van der Waals surface area contributed by atoms with Crippen molar-refractivity contribution in [3.8, 4) is 0 Å². The maximum atomic E-state index is 11.7. The second-order valence-corrected chi connectivity index (χ2v) is 9.47. The van der Waals surface area contributed by atoms with Crippen LogP contribution in [0.4, 0.5) is 0 Å². The van der Waals surface area contributed by atoms with E-state index >= 15 is 0 Å². The van der Waals surface area contributed by atoms with Crippen LogP contribution in [0, 0.1) is 0 Å². The van der Waals surface area contributed by atoms with Gasteiger partial charge in [0.2, 0.25) is 0 Å². The molecular weight excluding hydrogens is 463 g/mol. The molecule has 4 nitrogen and oxygen atoms in total. The summed E-state index contributed by atoms with van der Waals surface area (Å²) in [7, 11) is 0. The Morgan fingerprint density at radius 2 is 1.22 bits per heavy atom. The van der Waals surface area contributed by atoms with Gasteiger partial charge in [-0.1, -0.05) is 0 Å². The summed E-state index contributed by atoms with van der Waals surface area (Å²) in [6.45, 7) is 4.52. The van der Waals surface area contributed by atoms with E-state index in [9.17, 15) is 9.59 Å². The van der Waals surface area contributed by atoms with Gasteiger partial charge in [0.05, 0.1) is 0 Å². The predicted octanol–water partition coefficient (Wildman–Crippen LogP) is 1.97. The fraction of sp³-hybridized carbons (Fsp3) is 0.833. The standard InChI is InChI=1S/C12H22O4Te2/c1-5-15-11(13)9(17-3)7-8-10(18-4)12(14)16-6-2/h9-10H,5-8H2,1-4H3. The van der Waals surface area contributed by atoms with Gasteiger partial charge in [-0.2, -0.15) is 0 Å². The van der Waals surface area contributed by atoms with E-state index in [1.165, 1.54) is 0 Å². The summed E-state index contributed by atoms with van der Waals surface area (Å²) in [6, 6.07) is 0. The molecular formula is C12H22O4Te2. The van der Waals surface area contributed by atoms with E-state index in [2.05, 4.69) is 9.94 Å². The van der Waals surface area contributed by atoms with E-state index in [0.29, 0.717) is 13.2 Å². The molecule has 6 heteroatoms. The second-order valence-electron chi connectivity index (χ2n) is 3.53. The van der Waals surface area contributed by atoms with Crippen LogP contribution in [0.1, 0.15) is 26.7 Å². The zero-order chi connectivity index (χ0) is 14.0. The number of hydrogen-bond donors (Lipinski definition) is 0. The first-order chi connectivity index (χ1) is 8.60. The summed E-state index contributed by atoms with van der Waals surface area (Å²) in [4.78, 5) is 27.6. The van der Waals surface area contributed by atoms with Crippen LogP contribution < -0.4 is 0 Å². The molecule has 0 aliphatic carbocycles. The Labute approximate surface area is 130 Å². The van der Waals surface area contributed by atoms with Crippen LogP contribution in [0.5, 0.6) is 0 Å². The zero-order valence-electron chi connectivity index (χ0n) is 11.4. The normalized spacial score (nSPS) is 13.8. The second kappa shape index (κ2) is 11.4. The number of hydrogen-bond acceptors (Lipinski definition) is 4. The van der Waals surface area contributed by atoms with Crippen molar-refractivity contribution >= 4 is 53.8 Å². The molecule has 0 saturated carbocycles. The molecule has 0 fully saturated rings. The zero-order valence-corrected chi connectivity index (χ0v) is 16.1. The summed E-state index contributed by atoms with van der Waals surface area (Å²) in [6.07, 6.45) is 1.55. The van der Waals surface area contributed by atoms with Gasteiger partial charge in [0.15, 0.2) is 0 Å². The SMILES string of the molecule is CCOC(=O)C(CCC([Te]C)C(=O)OCC)[Te]C. The third-order valence-electron chi connectivity index (χ3n) is 2.36.